The smallest absolute Gasteiger partial charge is 0.368 e. The highest BCUT2D eigenvalue weighted by Gasteiger charge is 2.64. The van der Waals surface area contributed by atoms with Gasteiger partial charge in [-0.15, -0.1) is 27.7 Å². The summed E-state index contributed by atoms with van der Waals surface area (Å²) in [4.78, 5) is 19.9. The minimum Gasteiger partial charge on any atom is -0.446 e. The predicted octanol–water partition coefficient (Wildman–Crippen LogP) is 1.89. The Hall–Kier alpha value is -1.71. The van der Waals surface area contributed by atoms with Crippen LogP contribution in [0.25, 0.3) is 0 Å². The van der Waals surface area contributed by atoms with Crippen LogP contribution in [-0.2, 0) is 20.0 Å². The van der Waals surface area contributed by atoms with Crippen molar-refractivity contribution in [1.82, 2.24) is 5.06 Å². The normalized spacial score (nSPS) is 26.4. The van der Waals surface area contributed by atoms with Crippen LogP contribution in [0.3, 0.4) is 0 Å². The molecular weight excluding hydrogens is 372 g/mol. The highest BCUT2D eigenvalue weighted by atomic mass is 32.1. The van der Waals surface area contributed by atoms with Crippen LogP contribution < -0.4 is 0 Å². The summed E-state index contributed by atoms with van der Waals surface area (Å²) in [7, 11) is 4.36. The molecule has 136 valence electrons. The van der Waals surface area contributed by atoms with Gasteiger partial charge >= 0.3 is 5.97 Å². The SMILES string of the molecule is C[N+]1(C)C2CN(OC(=O)C(O)(c3cccs3)c3cccs3)CC1C1=C2O1. The zero-order valence-electron chi connectivity index (χ0n) is 14.4. The highest BCUT2D eigenvalue weighted by molar-refractivity contribution is 7.12. The number of thiophene rings is 2. The Balaban J connectivity index is 1.40. The van der Waals surface area contributed by atoms with E-state index in [4.69, 9.17) is 9.57 Å². The maximum Gasteiger partial charge on any atom is 0.368 e. The van der Waals surface area contributed by atoms with Crippen LogP contribution in [-0.4, -0.2) is 59.9 Å². The Kier molecular flexibility index (Phi) is 3.42. The molecule has 2 unspecified atom stereocenters. The number of carbonyl (C=O) groups is 1. The molecular formula is C18H19N2O4S2+. The minimum atomic E-state index is -1.77. The molecule has 3 aliphatic heterocycles. The van der Waals surface area contributed by atoms with Crippen molar-refractivity contribution in [2.45, 2.75) is 17.7 Å². The van der Waals surface area contributed by atoms with Crippen LogP contribution in [0.2, 0.25) is 0 Å². The van der Waals surface area contributed by atoms with Gasteiger partial charge in [-0.3, -0.25) is 0 Å². The van der Waals surface area contributed by atoms with E-state index in [-0.39, 0.29) is 12.1 Å². The number of quaternary nitrogens is 1. The molecule has 0 aliphatic carbocycles. The molecule has 0 spiro atoms. The van der Waals surface area contributed by atoms with Gasteiger partial charge in [0.25, 0.3) is 0 Å². The summed E-state index contributed by atoms with van der Waals surface area (Å²) in [5.74, 6) is 1.44. The third-order valence-corrected chi connectivity index (χ3v) is 7.61. The maximum absolute atomic E-state index is 13.1. The van der Waals surface area contributed by atoms with Crippen molar-refractivity contribution >= 4 is 28.6 Å². The minimum absolute atomic E-state index is 0.174. The Bertz CT molecular complexity index is 830. The van der Waals surface area contributed by atoms with Crippen LogP contribution in [0, 0.1) is 0 Å². The number of nitrogens with zero attached hydrogens (tertiary/aromatic N) is 2. The van der Waals surface area contributed by atoms with Crippen LogP contribution in [0.5, 0.6) is 0 Å². The third-order valence-electron chi connectivity index (χ3n) is 5.65. The third kappa shape index (κ3) is 2.17. The molecule has 0 radical (unpaired) electrons. The number of likely N-dealkylation sites (N-methyl/N-ethyl adjacent to an activating group) is 1. The van der Waals surface area contributed by atoms with E-state index < -0.39 is 11.6 Å². The monoisotopic (exact) mass is 391 g/mol. The fraction of sp³-hybridized carbons (Fsp3) is 0.389. The van der Waals surface area contributed by atoms with E-state index in [2.05, 4.69) is 14.1 Å². The lowest BCUT2D eigenvalue weighted by Gasteiger charge is -2.46. The topological polar surface area (TPSA) is 62.3 Å². The van der Waals surface area contributed by atoms with Crippen molar-refractivity contribution in [1.29, 1.82) is 0 Å². The molecule has 5 rings (SSSR count). The molecule has 5 heterocycles. The number of hydroxylamine groups is 2. The highest BCUT2D eigenvalue weighted by Crippen LogP contribution is 2.50. The van der Waals surface area contributed by atoms with E-state index in [1.165, 1.54) is 22.7 Å². The molecule has 2 bridgehead atoms. The molecule has 6 nitrogen and oxygen atoms in total. The number of aliphatic hydroxyl groups is 1. The summed E-state index contributed by atoms with van der Waals surface area (Å²) in [6.45, 7) is 1.14. The van der Waals surface area contributed by atoms with Crippen LogP contribution in [0.1, 0.15) is 9.75 Å². The molecule has 2 aromatic heterocycles. The predicted molar refractivity (Wildman–Crippen MR) is 97.1 cm³/mol. The Morgan fingerprint density at radius 2 is 1.73 bits per heavy atom. The summed E-state index contributed by atoms with van der Waals surface area (Å²) < 4.78 is 6.43. The standard InChI is InChI=1S/C18H19N2O4S2/c1-20(2)11-9-19(10-12(20)16-15(11)23-16)24-17(21)18(22,13-5-3-7-25-13)14-6-4-8-26-14/h3-8,11-12,22H,9-10H2,1-2H3/q+1. The Morgan fingerprint density at radius 3 is 2.19 bits per heavy atom. The van der Waals surface area contributed by atoms with Gasteiger partial charge in [-0.2, -0.15) is 0 Å². The summed E-state index contributed by atoms with van der Waals surface area (Å²) in [5, 5.41) is 16.7. The number of piperazine rings is 1. The zero-order chi connectivity index (χ0) is 18.1. The van der Waals surface area contributed by atoms with E-state index in [9.17, 15) is 9.90 Å². The second-order valence-electron chi connectivity index (χ2n) is 7.38. The molecule has 3 aliphatic rings. The summed E-state index contributed by atoms with van der Waals surface area (Å²) >= 11 is 2.69. The summed E-state index contributed by atoms with van der Waals surface area (Å²) in [6, 6.07) is 7.53. The molecule has 26 heavy (non-hydrogen) atoms. The van der Waals surface area contributed by atoms with Gasteiger partial charge in [0.1, 0.15) is 0 Å². The van der Waals surface area contributed by atoms with Crippen molar-refractivity contribution < 1.29 is 24.0 Å². The molecule has 1 saturated heterocycles. The van der Waals surface area contributed by atoms with Gasteiger partial charge in [-0.1, -0.05) is 12.1 Å². The van der Waals surface area contributed by atoms with E-state index in [0.29, 0.717) is 22.8 Å². The Morgan fingerprint density at radius 1 is 1.19 bits per heavy atom. The molecule has 1 N–H and O–H groups in total. The second-order valence-corrected chi connectivity index (χ2v) is 9.28. The number of hydrogen-bond donors (Lipinski definition) is 1. The lowest BCUT2D eigenvalue weighted by atomic mass is 10.0. The number of carbonyl (C=O) groups excluding carboxylic acids is 1. The largest absolute Gasteiger partial charge is 0.446 e. The first-order chi connectivity index (χ1) is 12.4. The van der Waals surface area contributed by atoms with Crippen LogP contribution in [0.15, 0.2) is 46.5 Å². The fourth-order valence-electron chi connectivity index (χ4n) is 3.98. The lowest BCUT2D eigenvalue weighted by Crippen LogP contribution is -2.65. The van der Waals surface area contributed by atoms with E-state index in [1.54, 1.807) is 17.2 Å². The molecule has 2 aromatic rings. The van der Waals surface area contributed by atoms with Crippen molar-refractivity contribution in [3.63, 3.8) is 0 Å². The van der Waals surface area contributed by atoms with Crippen molar-refractivity contribution in [3.05, 3.63) is 56.3 Å². The van der Waals surface area contributed by atoms with E-state index in [1.807, 2.05) is 22.9 Å². The van der Waals surface area contributed by atoms with Gasteiger partial charge < -0.3 is 19.2 Å². The Labute approximate surface area is 159 Å². The fourth-order valence-corrected chi connectivity index (χ4v) is 5.69. The maximum atomic E-state index is 13.1. The van der Waals surface area contributed by atoms with E-state index >= 15 is 0 Å². The molecule has 2 atom stereocenters. The zero-order valence-corrected chi connectivity index (χ0v) is 16.0. The van der Waals surface area contributed by atoms with Gasteiger partial charge in [-0.25, -0.2) is 4.79 Å². The second kappa shape index (κ2) is 5.40. The molecule has 0 aromatic carbocycles. The average molecular weight is 391 g/mol. The lowest BCUT2D eigenvalue weighted by molar-refractivity contribution is -0.933. The molecule has 0 saturated carbocycles. The number of ether oxygens (including phenoxy) is 1. The average Bonchev–Trinajstić information content (AvgIpc) is 2.98. The summed E-state index contributed by atoms with van der Waals surface area (Å²) in [6.07, 6.45) is 0. The first kappa shape index (κ1) is 16.5. The number of morpholine rings is 1. The van der Waals surface area contributed by atoms with Crippen LogP contribution in [0.4, 0.5) is 0 Å². The quantitative estimate of drug-likeness (QED) is 0.807. The first-order valence-corrected chi connectivity index (χ1v) is 10.2. The van der Waals surface area contributed by atoms with Gasteiger partial charge in [0, 0.05) is 0 Å². The molecule has 1 fully saturated rings. The summed E-state index contributed by atoms with van der Waals surface area (Å²) in [5.41, 5.74) is -1.77. The van der Waals surface area contributed by atoms with E-state index in [0.717, 1.165) is 16.0 Å². The number of rotatable bonds is 4. The molecule has 8 heteroatoms. The van der Waals surface area contributed by atoms with Gasteiger partial charge in [-0.05, 0) is 22.9 Å². The van der Waals surface area contributed by atoms with Crippen LogP contribution >= 0.6 is 22.7 Å². The first-order valence-electron chi connectivity index (χ1n) is 8.45. The number of fused-ring (bicyclic) bond motifs is 4. The van der Waals surface area contributed by atoms with Gasteiger partial charge in [0.2, 0.25) is 17.1 Å². The van der Waals surface area contributed by atoms with Crippen molar-refractivity contribution in [2.24, 2.45) is 0 Å². The van der Waals surface area contributed by atoms with Gasteiger partial charge in [0.15, 0.2) is 12.1 Å². The molecule has 0 amide bonds. The van der Waals surface area contributed by atoms with Crippen molar-refractivity contribution in [2.75, 3.05) is 27.2 Å². The van der Waals surface area contributed by atoms with Gasteiger partial charge in [0.05, 0.1) is 36.9 Å². The van der Waals surface area contributed by atoms with Crippen molar-refractivity contribution in [3.8, 4) is 0 Å². The number of hydrogen-bond acceptors (Lipinski definition) is 7.